The van der Waals surface area contributed by atoms with Gasteiger partial charge in [-0.15, -0.1) is 0 Å². The lowest BCUT2D eigenvalue weighted by Gasteiger charge is -2.32. The van der Waals surface area contributed by atoms with Crippen LogP contribution in [0.2, 0.25) is 0 Å². The Bertz CT molecular complexity index is 459. The molecule has 1 aromatic rings. The summed E-state index contributed by atoms with van der Waals surface area (Å²) in [5.74, 6) is 0.329. The molecule has 0 saturated carbocycles. The first-order valence-electron chi connectivity index (χ1n) is 7.98. The molecule has 0 spiro atoms. The maximum absolute atomic E-state index is 12.7. The fourth-order valence-corrected chi connectivity index (χ4v) is 3.27. The summed E-state index contributed by atoms with van der Waals surface area (Å²) in [6, 6.07) is 6.11. The Labute approximate surface area is 126 Å². The minimum Gasteiger partial charge on any atom is -0.339 e. The van der Waals surface area contributed by atoms with Crippen molar-refractivity contribution in [2.75, 3.05) is 39.3 Å². The first-order chi connectivity index (χ1) is 10.3. The topological polar surface area (TPSA) is 48.5 Å². The first kappa shape index (κ1) is 14.5. The van der Waals surface area contributed by atoms with Crippen LogP contribution in [0.4, 0.5) is 0 Å². The smallest absolute Gasteiger partial charge is 0.240 e. The molecule has 1 amide bonds. The average molecular weight is 288 g/mol. The zero-order chi connectivity index (χ0) is 14.5. The van der Waals surface area contributed by atoms with Gasteiger partial charge in [0, 0.05) is 51.0 Å². The van der Waals surface area contributed by atoms with Crippen LogP contribution in [0.3, 0.4) is 0 Å². The highest BCUT2D eigenvalue weighted by Gasteiger charge is 2.33. The van der Waals surface area contributed by atoms with Gasteiger partial charge in [0.05, 0.1) is 6.04 Å². The van der Waals surface area contributed by atoms with Crippen LogP contribution in [0.1, 0.15) is 18.5 Å². The molecule has 3 heterocycles. The molecule has 0 radical (unpaired) electrons. The van der Waals surface area contributed by atoms with Crippen LogP contribution in [0, 0.1) is 0 Å². The van der Waals surface area contributed by atoms with Crippen molar-refractivity contribution in [1.29, 1.82) is 0 Å². The normalized spacial score (nSPS) is 23.4. The van der Waals surface area contributed by atoms with Crippen molar-refractivity contribution in [2.24, 2.45) is 0 Å². The maximum atomic E-state index is 12.7. The molecule has 5 nitrogen and oxygen atoms in total. The van der Waals surface area contributed by atoms with Crippen LogP contribution < -0.4 is 5.32 Å². The van der Waals surface area contributed by atoms with Gasteiger partial charge in [0.15, 0.2) is 0 Å². The minimum absolute atomic E-state index is 0.0896. The Kier molecular flexibility index (Phi) is 4.83. The number of nitrogens with zero attached hydrogens (tertiary/aromatic N) is 3. The van der Waals surface area contributed by atoms with E-state index in [1.165, 1.54) is 0 Å². The summed E-state index contributed by atoms with van der Waals surface area (Å²) in [5.41, 5.74) is 1.11. The molecule has 1 atom stereocenters. The first-order valence-corrected chi connectivity index (χ1v) is 7.98. The lowest BCUT2D eigenvalue weighted by molar-refractivity contribution is -0.136. The number of hydrogen-bond acceptors (Lipinski definition) is 4. The third-order valence-corrected chi connectivity index (χ3v) is 4.46. The zero-order valence-electron chi connectivity index (χ0n) is 12.5. The highest BCUT2D eigenvalue weighted by molar-refractivity contribution is 5.82. The number of carbonyl (C=O) groups is 1. The van der Waals surface area contributed by atoms with E-state index in [0.29, 0.717) is 5.91 Å². The predicted molar refractivity (Wildman–Crippen MR) is 82.0 cm³/mol. The van der Waals surface area contributed by atoms with E-state index in [-0.39, 0.29) is 6.04 Å². The molecule has 21 heavy (non-hydrogen) atoms. The summed E-state index contributed by atoms with van der Waals surface area (Å²) in [5, 5.41) is 3.30. The Morgan fingerprint density at radius 3 is 2.90 bits per heavy atom. The second-order valence-electron chi connectivity index (χ2n) is 5.84. The van der Waals surface area contributed by atoms with Crippen molar-refractivity contribution >= 4 is 5.91 Å². The number of amides is 1. The van der Waals surface area contributed by atoms with E-state index < -0.39 is 0 Å². The van der Waals surface area contributed by atoms with Crippen molar-refractivity contribution in [1.82, 2.24) is 20.1 Å². The van der Waals surface area contributed by atoms with Crippen LogP contribution in [0.15, 0.2) is 24.4 Å². The molecule has 1 N–H and O–H groups in total. The van der Waals surface area contributed by atoms with Gasteiger partial charge in [-0.2, -0.15) is 0 Å². The van der Waals surface area contributed by atoms with Gasteiger partial charge in [0.1, 0.15) is 0 Å². The van der Waals surface area contributed by atoms with Crippen molar-refractivity contribution in [3.63, 3.8) is 0 Å². The minimum atomic E-state index is 0.0896. The van der Waals surface area contributed by atoms with E-state index >= 15 is 0 Å². The second-order valence-corrected chi connectivity index (χ2v) is 5.84. The summed E-state index contributed by atoms with van der Waals surface area (Å²) in [6.45, 7) is 5.51. The molecule has 2 saturated heterocycles. The monoisotopic (exact) mass is 288 g/mol. The number of likely N-dealkylation sites (tertiary alicyclic amines) is 1. The molecular formula is C16H24N4O. The van der Waals surface area contributed by atoms with E-state index in [0.717, 1.165) is 64.2 Å². The third kappa shape index (κ3) is 3.60. The Morgan fingerprint density at radius 1 is 1.29 bits per heavy atom. The standard InChI is InChI=1S/C16H24N4O/c21-16(20-12-8-17-9-13-20)15-5-3-10-19(15)11-6-14-4-1-2-7-18-14/h1-2,4,7,15,17H,3,5-6,8-13H2. The molecular weight excluding hydrogens is 264 g/mol. The Hall–Kier alpha value is -1.46. The predicted octanol–water partition coefficient (Wildman–Crippen LogP) is 0.520. The average Bonchev–Trinajstić information content (AvgIpc) is 3.02. The number of hydrogen-bond donors (Lipinski definition) is 1. The van der Waals surface area contributed by atoms with E-state index in [1.807, 2.05) is 23.2 Å². The number of carbonyl (C=O) groups excluding carboxylic acids is 1. The molecule has 0 aliphatic carbocycles. The molecule has 114 valence electrons. The van der Waals surface area contributed by atoms with Gasteiger partial charge >= 0.3 is 0 Å². The highest BCUT2D eigenvalue weighted by Crippen LogP contribution is 2.20. The number of nitrogens with one attached hydrogen (secondary N) is 1. The molecule has 0 bridgehead atoms. The third-order valence-electron chi connectivity index (χ3n) is 4.46. The summed E-state index contributed by atoms with van der Waals surface area (Å²) >= 11 is 0. The molecule has 2 fully saturated rings. The van der Waals surface area contributed by atoms with E-state index in [1.54, 1.807) is 0 Å². The van der Waals surface area contributed by atoms with Crippen molar-refractivity contribution in [3.8, 4) is 0 Å². The van der Waals surface area contributed by atoms with Crippen LogP contribution in [0.5, 0.6) is 0 Å². The van der Waals surface area contributed by atoms with Gasteiger partial charge in [-0.1, -0.05) is 6.07 Å². The second kappa shape index (κ2) is 7.00. The van der Waals surface area contributed by atoms with Gasteiger partial charge in [0.25, 0.3) is 0 Å². The molecule has 2 aliphatic rings. The summed E-state index contributed by atoms with van der Waals surface area (Å²) in [4.78, 5) is 21.4. The molecule has 1 aromatic heterocycles. The van der Waals surface area contributed by atoms with E-state index in [4.69, 9.17) is 0 Å². The molecule has 2 aliphatic heterocycles. The molecule has 5 heteroatoms. The zero-order valence-corrected chi connectivity index (χ0v) is 12.5. The van der Waals surface area contributed by atoms with Crippen LogP contribution in [-0.4, -0.2) is 66.0 Å². The van der Waals surface area contributed by atoms with Gasteiger partial charge in [-0.05, 0) is 31.5 Å². The summed E-state index contributed by atoms with van der Waals surface area (Å²) < 4.78 is 0. The molecule has 3 rings (SSSR count). The van der Waals surface area contributed by atoms with Gasteiger partial charge in [0.2, 0.25) is 5.91 Å². The van der Waals surface area contributed by atoms with Crippen molar-refractivity contribution in [2.45, 2.75) is 25.3 Å². The van der Waals surface area contributed by atoms with Gasteiger partial charge < -0.3 is 10.2 Å². The number of pyridine rings is 1. The van der Waals surface area contributed by atoms with Crippen LogP contribution >= 0.6 is 0 Å². The quantitative estimate of drug-likeness (QED) is 0.877. The Balaban J connectivity index is 1.56. The number of piperazine rings is 1. The van der Waals surface area contributed by atoms with Crippen LogP contribution in [-0.2, 0) is 11.2 Å². The fraction of sp³-hybridized carbons (Fsp3) is 0.625. The lowest BCUT2D eigenvalue weighted by atomic mass is 10.1. The van der Waals surface area contributed by atoms with Crippen molar-refractivity contribution in [3.05, 3.63) is 30.1 Å². The summed E-state index contributed by atoms with van der Waals surface area (Å²) in [6.07, 6.45) is 4.89. The molecule has 0 aromatic carbocycles. The van der Waals surface area contributed by atoms with E-state index in [2.05, 4.69) is 21.3 Å². The van der Waals surface area contributed by atoms with Crippen LogP contribution in [0.25, 0.3) is 0 Å². The number of aromatic nitrogens is 1. The largest absolute Gasteiger partial charge is 0.339 e. The Morgan fingerprint density at radius 2 is 2.14 bits per heavy atom. The highest BCUT2D eigenvalue weighted by atomic mass is 16.2. The summed E-state index contributed by atoms with van der Waals surface area (Å²) in [7, 11) is 0. The van der Waals surface area contributed by atoms with Gasteiger partial charge in [-0.25, -0.2) is 0 Å². The molecule has 1 unspecified atom stereocenters. The number of rotatable bonds is 4. The maximum Gasteiger partial charge on any atom is 0.240 e. The van der Waals surface area contributed by atoms with Crippen molar-refractivity contribution < 1.29 is 4.79 Å². The fourth-order valence-electron chi connectivity index (χ4n) is 3.27. The lowest BCUT2D eigenvalue weighted by Crippen LogP contribution is -2.52. The SMILES string of the molecule is O=C(C1CCCN1CCc1ccccn1)N1CCNCC1. The van der Waals surface area contributed by atoms with Gasteiger partial charge in [-0.3, -0.25) is 14.7 Å². The van der Waals surface area contributed by atoms with E-state index in [9.17, 15) is 4.79 Å².